The highest BCUT2D eigenvalue weighted by Gasteiger charge is 2.25. The molecule has 1 N–H and O–H groups in total. The van der Waals surface area contributed by atoms with Crippen molar-refractivity contribution in [3.05, 3.63) is 36.5 Å². The molecule has 2 aliphatic rings. The Bertz CT molecular complexity index is 628. The highest BCUT2D eigenvalue weighted by Crippen LogP contribution is 2.20. The lowest BCUT2D eigenvalue weighted by molar-refractivity contribution is -0.137. The second kappa shape index (κ2) is 12.6. The van der Waals surface area contributed by atoms with E-state index in [4.69, 9.17) is 9.84 Å². The molecule has 1 aliphatic heterocycles. The zero-order chi connectivity index (χ0) is 20.2. The van der Waals surface area contributed by atoms with Gasteiger partial charge in [0.15, 0.2) is 5.78 Å². The average Bonchev–Trinajstić information content (AvgIpc) is 3.11. The number of ether oxygens (including phenoxy) is 1. The van der Waals surface area contributed by atoms with Crippen molar-refractivity contribution in [3.8, 4) is 0 Å². The fraction of sp³-hybridized carbons (Fsp3) is 0.571. The molecule has 2 atom stereocenters. The zero-order valence-corrected chi connectivity index (χ0v) is 16.9. The highest BCUT2D eigenvalue weighted by atomic mass is 32.2. The Morgan fingerprint density at radius 2 is 2.18 bits per heavy atom. The van der Waals surface area contributed by atoms with E-state index in [2.05, 4.69) is 11.0 Å². The first-order valence-corrected chi connectivity index (χ1v) is 10.8. The number of likely N-dealkylation sites (tertiary alicyclic amines) is 1. The molecular formula is C21H29NO5S. The second-order valence-electron chi connectivity index (χ2n) is 7.00. The molecule has 1 saturated heterocycles. The number of rotatable bonds is 11. The summed E-state index contributed by atoms with van der Waals surface area (Å²) in [5.41, 5.74) is 0. The maximum absolute atomic E-state index is 12.0. The van der Waals surface area contributed by atoms with E-state index in [1.807, 2.05) is 18.2 Å². The van der Waals surface area contributed by atoms with E-state index in [1.54, 1.807) is 12.2 Å². The third kappa shape index (κ3) is 8.44. The molecule has 0 aromatic carbocycles. The molecule has 0 aromatic rings. The van der Waals surface area contributed by atoms with Crippen molar-refractivity contribution >= 4 is 28.8 Å². The minimum Gasteiger partial charge on any atom is -0.481 e. The van der Waals surface area contributed by atoms with Crippen molar-refractivity contribution in [1.82, 2.24) is 4.90 Å². The van der Waals surface area contributed by atoms with Gasteiger partial charge in [-0.15, -0.1) is 0 Å². The fourth-order valence-corrected chi connectivity index (χ4v) is 3.99. The van der Waals surface area contributed by atoms with Gasteiger partial charge in [-0.05, 0) is 56.5 Å². The monoisotopic (exact) mass is 407 g/mol. The Hall–Kier alpha value is -1.86. The van der Waals surface area contributed by atoms with Crippen LogP contribution >= 0.6 is 11.8 Å². The first-order valence-electron chi connectivity index (χ1n) is 9.85. The van der Waals surface area contributed by atoms with Crippen LogP contribution in [-0.2, 0) is 14.3 Å². The molecule has 1 fully saturated rings. The van der Waals surface area contributed by atoms with Gasteiger partial charge in [0.05, 0.1) is 0 Å². The van der Waals surface area contributed by atoms with E-state index < -0.39 is 5.97 Å². The number of hydrogen-bond donors (Lipinski definition) is 1. The minimum absolute atomic E-state index is 0.0917. The van der Waals surface area contributed by atoms with Gasteiger partial charge in [-0.3, -0.25) is 14.5 Å². The van der Waals surface area contributed by atoms with Gasteiger partial charge >= 0.3 is 11.3 Å². The molecule has 0 aromatic heterocycles. The summed E-state index contributed by atoms with van der Waals surface area (Å²) < 4.78 is 5.42. The number of carbonyl (C=O) groups excluding carboxylic acids is 2. The van der Waals surface area contributed by atoms with Crippen molar-refractivity contribution < 1.29 is 24.2 Å². The number of hydrogen-bond acceptors (Lipinski definition) is 6. The molecule has 154 valence electrons. The number of allylic oxidation sites excluding steroid dienone is 5. The van der Waals surface area contributed by atoms with Gasteiger partial charge in [0.2, 0.25) is 0 Å². The number of carbonyl (C=O) groups is 3. The van der Waals surface area contributed by atoms with Crippen molar-refractivity contribution in [2.45, 2.75) is 44.6 Å². The Balaban J connectivity index is 1.58. The number of unbranched alkanes of at least 4 members (excludes halogenated alkanes) is 1. The summed E-state index contributed by atoms with van der Waals surface area (Å²) in [7, 11) is 0. The molecule has 0 spiro atoms. The largest absolute Gasteiger partial charge is 0.481 e. The molecule has 1 aliphatic carbocycles. The Morgan fingerprint density at radius 3 is 2.96 bits per heavy atom. The van der Waals surface area contributed by atoms with E-state index in [0.717, 1.165) is 44.1 Å². The summed E-state index contributed by atoms with van der Waals surface area (Å²) >= 11 is 1.13. The molecule has 7 heteroatoms. The molecule has 0 saturated carbocycles. The van der Waals surface area contributed by atoms with Crippen molar-refractivity contribution in [1.29, 1.82) is 0 Å². The van der Waals surface area contributed by atoms with Gasteiger partial charge in [0.1, 0.15) is 6.61 Å². The minimum atomic E-state index is -0.758. The van der Waals surface area contributed by atoms with Gasteiger partial charge in [0.25, 0.3) is 0 Å². The van der Waals surface area contributed by atoms with Crippen LogP contribution in [0.15, 0.2) is 36.5 Å². The molecule has 2 rings (SSSR count). The van der Waals surface area contributed by atoms with E-state index in [1.165, 1.54) is 0 Å². The predicted octanol–water partition coefficient (Wildman–Crippen LogP) is 3.83. The summed E-state index contributed by atoms with van der Waals surface area (Å²) in [5.74, 6) is -0.223. The Kier molecular flexibility index (Phi) is 10.1. The normalized spacial score (nSPS) is 22.2. The molecule has 6 nitrogen and oxygen atoms in total. The first-order chi connectivity index (χ1) is 13.6. The quantitative estimate of drug-likeness (QED) is 0.316. The summed E-state index contributed by atoms with van der Waals surface area (Å²) in [6.45, 7) is 2.17. The summed E-state index contributed by atoms with van der Waals surface area (Å²) in [4.78, 5) is 36.4. The Labute approximate surface area is 170 Å². The van der Waals surface area contributed by atoms with E-state index in [0.29, 0.717) is 25.2 Å². The number of thioether (sulfide) groups is 1. The van der Waals surface area contributed by atoms with Crippen LogP contribution in [0.2, 0.25) is 0 Å². The number of ketones is 1. The first kappa shape index (κ1) is 22.4. The standard InChI is InChI=1S/C21H29NO5S/c23-19-10-5-4-8-17(19)12-15-28-21(26)27-16-18-9-7-14-22(18)13-6-2-1-3-11-20(24)25/h2,4-6,8,10,17-18H,1,3,7,9,11-16H2,(H,24,25)/b6-2-/t17?,18-/m1/s1. The van der Waals surface area contributed by atoms with Crippen LogP contribution in [0.3, 0.4) is 0 Å². The van der Waals surface area contributed by atoms with Gasteiger partial charge in [-0.1, -0.05) is 30.4 Å². The predicted molar refractivity (Wildman–Crippen MR) is 110 cm³/mol. The van der Waals surface area contributed by atoms with Gasteiger partial charge in [-0.2, -0.15) is 0 Å². The van der Waals surface area contributed by atoms with Crippen LogP contribution < -0.4 is 0 Å². The molecule has 1 heterocycles. The second-order valence-corrected chi connectivity index (χ2v) is 8.03. The molecule has 1 unspecified atom stereocenters. The molecule has 0 radical (unpaired) electrons. The van der Waals surface area contributed by atoms with E-state index in [-0.39, 0.29) is 29.5 Å². The van der Waals surface area contributed by atoms with Crippen molar-refractivity contribution in [2.75, 3.05) is 25.4 Å². The average molecular weight is 408 g/mol. The third-order valence-electron chi connectivity index (χ3n) is 4.89. The lowest BCUT2D eigenvalue weighted by atomic mass is 9.97. The third-order valence-corrected chi connectivity index (χ3v) is 5.68. The molecular weight excluding hydrogens is 378 g/mol. The zero-order valence-electron chi connectivity index (χ0n) is 16.1. The van der Waals surface area contributed by atoms with Gasteiger partial charge < -0.3 is 9.84 Å². The van der Waals surface area contributed by atoms with Crippen LogP contribution in [0.1, 0.15) is 38.5 Å². The number of carboxylic acid groups (broad SMARTS) is 1. The smallest absolute Gasteiger partial charge is 0.367 e. The van der Waals surface area contributed by atoms with Crippen LogP contribution in [0.4, 0.5) is 4.79 Å². The summed E-state index contributed by atoms with van der Waals surface area (Å²) in [6, 6.07) is 0.237. The maximum Gasteiger partial charge on any atom is 0.367 e. The SMILES string of the molecule is O=C(O)CCC/C=C\CN1CCC[C@@H]1COC(=O)SCCC1C=CC=CC1=O. The maximum atomic E-state index is 12.0. The summed E-state index contributed by atoms with van der Waals surface area (Å²) in [6.07, 6.45) is 15.5. The lowest BCUT2D eigenvalue weighted by Crippen LogP contribution is -2.33. The van der Waals surface area contributed by atoms with E-state index >= 15 is 0 Å². The molecule has 0 bridgehead atoms. The van der Waals surface area contributed by atoms with E-state index in [9.17, 15) is 14.4 Å². The van der Waals surface area contributed by atoms with Gasteiger partial charge in [0, 0.05) is 30.7 Å². The lowest BCUT2D eigenvalue weighted by Gasteiger charge is -2.22. The topological polar surface area (TPSA) is 83.9 Å². The number of carboxylic acids is 1. The van der Waals surface area contributed by atoms with Gasteiger partial charge in [-0.25, -0.2) is 4.79 Å². The van der Waals surface area contributed by atoms with Crippen LogP contribution in [0.25, 0.3) is 0 Å². The van der Waals surface area contributed by atoms with Crippen LogP contribution in [-0.4, -0.2) is 58.6 Å². The fourth-order valence-electron chi connectivity index (χ4n) is 3.30. The van der Waals surface area contributed by atoms with Crippen molar-refractivity contribution in [3.63, 3.8) is 0 Å². The highest BCUT2D eigenvalue weighted by molar-refractivity contribution is 8.13. The van der Waals surface area contributed by atoms with Crippen LogP contribution in [0, 0.1) is 5.92 Å². The Morgan fingerprint density at radius 1 is 1.32 bits per heavy atom. The molecule has 28 heavy (non-hydrogen) atoms. The van der Waals surface area contributed by atoms with Crippen molar-refractivity contribution in [2.24, 2.45) is 5.92 Å². The molecule has 0 amide bonds. The number of nitrogens with zero attached hydrogens (tertiary/aromatic N) is 1. The number of aliphatic carboxylic acids is 1. The van der Waals surface area contributed by atoms with Crippen LogP contribution in [0.5, 0.6) is 0 Å². The summed E-state index contributed by atoms with van der Waals surface area (Å²) in [5, 5.41) is 8.34.